The highest BCUT2D eigenvalue weighted by atomic mass is 32.1. The fraction of sp³-hybridized carbons (Fsp3) is 0.0625. The second-order valence-electron chi connectivity index (χ2n) is 4.36. The van der Waals surface area contributed by atoms with Crippen LogP contribution in [0.2, 0.25) is 0 Å². The van der Waals surface area contributed by atoms with Gasteiger partial charge in [-0.15, -0.1) is 11.3 Å². The third kappa shape index (κ3) is 2.86. The highest BCUT2D eigenvalue weighted by molar-refractivity contribution is 7.13. The van der Waals surface area contributed by atoms with E-state index in [9.17, 15) is 4.39 Å². The zero-order chi connectivity index (χ0) is 13.8. The van der Waals surface area contributed by atoms with E-state index in [-0.39, 0.29) is 5.82 Å². The summed E-state index contributed by atoms with van der Waals surface area (Å²) in [7, 11) is 0. The molecule has 0 bridgehead atoms. The largest absolute Gasteiger partial charge is 0.381 e. The van der Waals surface area contributed by atoms with Crippen LogP contribution in [-0.2, 0) is 6.54 Å². The number of hydrogen-bond donors (Lipinski definition) is 1. The van der Waals surface area contributed by atoms with Crippen molar-refractivity contribution in [1.29, 1.82) is 0 Å². The van der Waals surface area contributed by atoms with Crippen LogP contribution in [0, 0.1) is 5.82 Å². The summed E-state index contributed by atoms with van der Waals surface area (Å²) < 4.78 is 13.5. The van der Waals surface area contributed by atoms with E-state index in [1.807, 2.05) is 35.7 Å². The molecule has 0 spiro atoms. The Morgan fingerprint density at radius 1 is 1.05 bits per heavy atom. The van der Waals surface area contributed by atoms with Gasteiger partial charge in [-0.2, -0.15) is 0 Å². The Labute approximate surface area is 120 Å². The molecule has 4 heteroatoms. The molecule has 3 aromatic rings. The van der Waals surface area contributed by atoms with Gasteiger partial charge < -0.3 is 5.32 Å². The monoisotopic (exact) mass is 284 g/mol. The summed E-state index contributed by atoms with van der Waals surface area (Å²) in [5.41, 5.74) is 2.72. The number of aromatic nitrogens is 1. The van der Waals surface area contributed by atoms with E-state index < -0.39 is 0 Å². The Morgan fingerprint density at radius 2 is 1.85 bits per heavy atom. The maximum absolute atomic E-state index is 13.5. The summed E-state index contributed by atoms with van der Waals surface area (Å²) in [6, 6.07) is 14.8. The molecule has 0 saturated carbocycles. The highest BCUT2D eigenvalue weighted by Crippen LogP contribution is 2.23. The summed E-state index contributed by atoms with van der Waals surface area (Å²) in [4.78, 5) is 4.27. The lowest BCUT2D eigenvalue weighted by molar-refractivity contribution is 0.613. The first-order valence-electron chi connectivity index (χ1n) is 6.30. The first kappa shape index (κ1) is 12.8. The van der Waals surface area contributed by atoms with E-state index in [1.54, 1.807) is 29.7 Å². The molecule has 0 radical (unpaired) electrons. The standard InChI is InChI=1S/C16H13FN2S/c17-15-4-2-1-3-13(15)11-19-14-7-5-12(6-8-14)16-18-9-10-20-16/h1-10,19H,11H2. The maximum Gasteiger partial charge on any atom is 0.128 e. The van der Waals surface area contributed by atoms with Crippen molar-refractivity contribution in [2.45, 2.75) is 6.54 Å². The van der Waals surface area contributed by atoms with Crippen molar-refractivity contribution in [3.63, 3.8) is 0 Å². The van der Waals surface area contributed by atoms with Crippen molar-refractivity contribution in [3.8, 4) is 10.6 Å². The van der Waals surface area contributed by atoms with Crippen LogP contribution in [0.15, 0.2) is 60.1 Å². The Morgan fingerprint density at radius 3 is 2.55 bits per heavy atom. The van der Waals surface area contributed by atoms with E-state index in [0.29, 0.717) is 12.1 Å². The Hall–Kier alpha value is -2.20. The van der Waals surface area contributed by atoms with Crippen LogP contribution in [-0.4, -0.2) is 4.98 Å². The van der Waals surface area contributed by atoms with Crippen LogP contribution >= 0.6 is 11.3 Å². The van der Waals surface area contributed by atoms with Gasteiger partial charge in [0.2, 0.25) is 0 Å². The van der Waals surface area contributed by atoms with Crippen LogP contribution in [0.25, 0.3) is 10.6 Å². The van der Waals surface area contributed by atoms with Gasteiger partial charge in [0.05, 0.1) is 0 Å². The van der Waals surface area contributed by atoms with Crippen LogP contribution in [0.4, 0.5) is 10.1 Å². The van der Waals surface area contributed by atoms with Gasteiger partial charge in [-0.05, 0) is 30.3 Å². The maximum atomic E-state index is 13.5. The summed E-state index contributed by atoms with van der Waals surface area (Å²) >= 11 is 1.61. The number of rotatable bonds is 4. The lowest BCUT2D eigenvalue weighted by Crippen LogP contribution is -2.01. The number of benzene rings is 2. The van der Waals surface area contributed by atoms with Crippen molar-refractivity contribution < 1.29 is 4.39 Å². The molecule has 0 unspecified atom stereocenters. The van der Waals surface area contributed by atoms with Crippen molar-refractivity contribution in [2.24, 2.45) is 0 Å². The van der Waals surface area contributed by atoms with Crippen LogP contribution in [0.1, 0.15) is 5.56 Å². The molecule has 0 amide bonds. The first-order chi connectivity index (χ1) is 9.83. The minimum atomic E-state index is -0.181. The smallest absolute Gasteiger partial charge is 0.128 e. The zero-order valence-electron chi connectivity index (χ0n) is 10.7. The predicted molar refractivity (Wildman–Crippen MR) is 81.3 cm³/mol. The second kappa shape index (κ2) is 5.84. The predicted octanol–water partition coefficient (Wildman–Crippen LogP) is 4.56. The van der Waals surface area contributed by atoms with Crippen LogP contribution in [0.3, 0.4) is 0 Å². The molecule has 0 aliphatic heterocycles. The number of nitrogens with zero attached hydrogens (tertiary/aromatic N) is 1. The molecule has 1 aromatic heterocycles. The summed E-state index contributed by atoms with van der Waals surface area (Å²) in [5, 5.41) is 6.18. The lowest BCUT2D eigenvalue weighted by Gasteiger charge is -2.07. The Kier molecular flexibility index (Phi) is 3.74. The molecular formula is C16H13FN2S. The molecule has 2 aromatic carbocycles. The van der Waals surface area contributed by atoms with Crippen molar-refractivity contribution in [2.75, 3.05) is 5.32 Å². The van der Waals surface area contributed by atoms with Crippen molar-refractivity contribution in [1.82, 2.24) is 4.98 Å². The molecule has 100 valence electrons. The molecule has 0 aliphatic rings. The SMILES string of the molecule is Fc1ccccc1CNc1ccc(-c2nccs2)cc1. The number of anilines is 1. The topological polar surface area (TPSA) is 24.9 Å². The van der Waals surface area contributed by atoms with E-state index in [0.717, 1.165) is 16.3 Å². The number of hydrogen-bond acceptors (Lipinski definition) is 3. The summed E-state index contributed by atoms with van der Waals surface area (Å²) in [5.74, 6) is -0.181. The quantitative estimate of drug-likeness (QED) is 0.759. The third-order valence-electron chi connectivity index (χ3n) is 3.00. The van der Waals surface area contributed by atoms with E-state index in [4.69, 9.17) is 0 Å². The minimum absolute atomic E-state index is 0.181. The fourth-order valence-electron chi connectivity index (χ4n) is 1.94. The second-order valence-corrected chi connectivity index (χ2v) is 5.25. The number of nitrogens with one attached hydrogen (secondary N) is 1. The Bertz CT molecular complexity index is 678. The van der Waals surface area contributed by atoms with Crippen molar-refractivity contribution in [3.05, 3.63) is 71.5 Å². The van der Waals surface area contributed by atoms with Gasteiger partial charge in [0, 0.05) is 34.9 Å². The number of halogens is 1. The molecule has 0 saturated heterocycles. The van der Waals surface area contributed by atoms with Gasteiger partial charge in [-0.1, -0.05) is 18.2 Å². The average Bonchev–Trinajstić information content (AvgIpc) is 3.01. The van der Waals surface area contributed by atoms with Crippen molar-refractivity contribution >= 4 is 17.0 Å². The third-order valence-corrected chi connectivity index (χ3v) is 3.83. The molecule has 0 fully saturated rings. The number of thiazole rings is 1. The molecule has 20 heavy (non-hydrogen) atoms. The normalized spacial score (nSPS) is 10.4. The van der Waals surface area contributed by atoms with Gasteiger partial charge in [-0.25, -0.2) is 9.37 Å². The van der Waals surface area contributed by atoms with Gasteiger partial charge in [-0.3, -0.25) is 0 Å². The van der Waals surface area contributed by atoms with Gasteiger partial charge in [0.15, 0.2) is 0 Å². The van der Waals surface area contributed by atoms with Gasteiger partial charge in [0.1, 0.15) is 10.8 Å². The zero-order valence-corrected chi connectivity index (χ0v) is 11.5. The highest BCUT2D eigenvalue weighted by Gasteiger charge is 2.02. The van der Waals surface area contributed by atoms with E-state index in [1.165, 1.54) is 6.07 Å². The molecule has 3 rings (SSSR count). The molecule has 0 aliphatic carbocycles. The summed E-state index contributed by atoms with van der Waals surface area (Å²) in [6.07, 6.45) is 1.80. The average molecular weight is 284 g/mol. The summed E-state index contributed by atoms with van der Waals surface area (Å²) in [6.45, 7) is 0.475. The van der Waals surface area contributed by atoms with Crippen LogP contribution < -0.4 is 5.32 Å². The molecule has 2 nitrogen and oxygen atoms in total. The molecule has 1 N–H and O–H groups in total. The first-order valence-corrected chi connectivity index (χ1v) is 7.18. The van der Waals surface area contributed by atoms with Gasteiger partial charge >= 0.3 is 0 Å². The van der Waals surface area contributed by atoms with E-state index in [2.05, 4.69) is 10.3 Å². The Balaban J connectivity index is 1.68. The lowest BCUT2D eigenvalue weighted by atomic mass is 10.2. The molecular weight excluding hydrogens is 271 g/mol. The van der Waals surface area contributed by atoms with E-state index >= 15 is 0 Å². The van der Waals surface area contributed by atoms with Gasteiger partial charge in [0.25, 0.3) is 0 Å². The van der Waals surface area contributed by atoms with Crippen LogP contribution in [0.5, 0.6) is 0 Å². The minimum Gasteiger partial charge on any atom is -0.381 e. The fourth-order valence-corrected chi connectivity index (χ4v) is 2.58. The molecule has 0 atom stereocenters. The molecule has 1 heterocycles.